The van der Waals surface area contributed by atoms with Crippen molar-refractivity contribution in [3.63, 3.8) is 0 Å². The van der Waals surface area contributed by atoms with Gasteiger partial charge in [0.2, 0.25) is 0 Å². The smallest absolute Gasteiger partial charge is 0.133 e. The maximum absolute atomic E-state index is 11.5. The third-order valence-electron chi connectivity index (χ3n) is 4.93. The van der Waals surface area contributed by atoms with Gasteiger partial charge in [0.1, 0.15) is 5.78 Å². The predicted molar refractivity (Wildman–Crippen MR) is 51.4 cm³/mol. The van der Waals surface area contributed by atoms with E-state index in [-0.39, 0.29) is 0 Å². The second-order valence-corrected chi connectivity index (χ2v) is 5.37. The van der Waals surface area contributed by atoms with Crippen LogP contribution in [0.5, 0.6) is 0 Å². The maximum atomic E-state index is 11.5. The first-order chi connectivity index (χ1) is 6.31. The summed E-state index contributed by atoms with van der Waals surface area (Å²) in [5.74, 6) is 2.29. The van der Waals surface area contributed by atoms with Crippen molar-refractivity contribution in [2.24, 2.45) is 17.3 Å². The van der Waals surface area contributed by atoms with Crippen molar-refractivity contribution in [2.45, 2.75) is 51.4 Å². The van der Waals surface area contributed by atoms with Gasteiger partial charge in [-0.3, -0.25) is 4.79 Å². The number of ketones is 1. The summed E-state index contributed by atoms with van der Waals surface area (Å²) in [5.41, 5.74) is 0.523. The lowest BCUT2D eigenvalue weighted by Gasteiger charge is -2.39. The van der Waals surface area contributed by atoms with Crippen LogP contribution >= 0.6 is 0 Å². The van der Waals surface area contributed by atoms with Crippen LogP contribution in [-0.2, 0) is 4.79 Å². The van der Waals surface area contributed by atoms with Crippen LogP contribution in [0.3, 0.4) is 0 Å². The van der Waals surface area contributed by atoms with Crippen LogP contribution in [0, 0.1) is 17.3 Å². The van der Waals surface area contributed by atoms with Crippen LogP contribution < -0.4 is 0 Å². The van der Waals surface area contributed by atoms with Crippen LogP contribution in [0.1, 0.15) is 51.4 Å². The molecule has 0 radical (unpaired) electrons. The molecule has 3 saturated carbocycles. The van der Waals surface area contributed by atoms with E-state index in [1.165, 1.54) is 38.5 Å². The minimum absolute atomic E-state index is 0.523. The van der Waals surface area contributed by atoms with Gasteiger partial charge in [0, 0.05) is 12.8 Å². The summed E-state index contributed by atoms with van der Waals surface area (Å²) in [6.45, 7) is 0. The molecule has 0 bridgehead atoms. The SMILES string of the molecule is O=C1C[C@@H]2CC[C@H]3CCCC[C@]32C1. The van der Waals surface area contributed by atoms with Crippen LogP contribution in [0.25, 0.3) is 0 Å². The molecule has 3 fully saturated rings. The Morgan fingerprint density at radius 3 is 2.85 bits per heavy atom. The minimum atomic E-state index is 0.523. The topological polar surface area (TPSA) is 17.1 Å². The summed E-state index contributed by atoms with van der Waals surface area (Å²) < 4.78 is 0. The molecule has 0 aromatic heterocycles. The zero-order valence-electron chi connectivity index (χ0n) is 8.22. The molecule has 0 unspecified atom stereocenters. The van der Waals surface area contributed by atoms with E-state index in [4.69, 9.17) is 0 Å². The van der Waals surface area contributed by atoms with Gasteiger partial charge in [0.05, 0.1) is 0 Å². The zero-order chi connectivity index (χ0) is 8.89. The first-order valence-electron chi connectivity index (χ1n) is 5.83. The third-order valence-corrected chi connectivity index (χ3v) is 4.93. The molecule has 1 nitrogen and oxygen atoms in total. The molecule has 3 atom stereocenters. The predicted octanol–water partition coefficient (Wildman–Crippen LogP) is 2.94. The number of Topliss-reactive ketones (excluding diaryl/α,β-unsaturated/α-hetero) is 1. The second-order valence-electron chi connectivity index (χ2n) is 5.37. The van der Waals surface area contributed by atoms with Crippen molar-refractivity contribution < 1.29 is 4.79 Å². The standard InChI is InChI=1S/C12H18O/c13-11-7-10-5-4-9-3-1-2-6-12(9,10)8-11/h9-10H,1-8H2/t9-,10+,12+/m1/s1. The highest BCUT2D eigenvalue weighted by molar-refractivity contribution is 5.82. The first-order valence-corrected chi connectivity index (χ1v) is 5.83. The highest BCUT2D eigenvalue weighted by Gasteiger charge is 2.55. The summed E-state index contributed by atoms with van der Waals surface area (Å²) in [5, 5.41) is 0. The van der Waals surface area contributed by atoms with Gasteiger partial charge < -0.3 is 0 Å². The van der Waals surface area contributed by atoms with Gasteiger partial charge >= 0.3 is 0 Å². The molecule has 72 valence electrons. The molecule has 0 amide bonds. The number of carbonyl (C=O) groups is 1. The molecule has 0 N–H and O–H groups in total. The fourth-order valence-corrected chi connectivity index (χ4v) is 4.39. The van der Waals surface area contributed by atoms with E-state index in [2.05, 4.69) is 0 Å². The van der Waals surface area contributed by atoms with E-state index < -0.39 is 0 Å². The number of hydrogen-bond acceptors (Lipinski definition) is 1. The van der Waals surface area contributed by atoms with Crippen LogP contribution in [0.15, 0.2) is 0 Å². The lowest BCUT2D eigenvalue weighted by Crippen LogP contribution is -2.31. The Morgan fingerprint density at radius 1 is 1.08 bits per heavy atom. The lowest BCUT2D eigenvalue weighted by atomic mass is 9.65. The van der Waals surface area contributed by atoms with Gasteiger partial charge in [0.25, 0.3) is 0 Å². The summed E-state index contributed by atoms with van der Waals surface area (Å²) in [7, 11) is 0. The highest BCUT2D eigenvalue weighted by Crippen LogP contribution is 2.62. The van der Waals surface area contributed by atoms with Gasteiger partial charge in [-0.25, -0.2) is 0 Å². The summed E-state index contributed by atoms with van der Waals surface area (Å²) >= 11 is 0. The Hall–Kier alpha value is -0.330. The van der Waals surface area contributed by atoms with Gasteiger partial charge in [-0.15, -0.1) is 0 Å². The maximum Gasteiger partial charge on any atom is 0.133 e. The second kappa shape index (κ2) is 2.59. The molecule has 0 heterocycles. The molecular weight excluding hydrogens is 160 g/mol. The van der Waals surface area contributed by atoms with Crippen molar-refractivity contribution in [2.75, 3.05) is 0 Å². The largest absolute Gasteiger partial charge is 0.300 e. The van der Waals surface area contributed by atoms with E-state index in [1.54, 1.807) is 0 Å². The molecule has 1 spiro atoms. The van der Waals surface area contributed by atoms with Crippen molar-refractivity contribution in [3.8, 4) is 0 Å². The fraction of sp³-hybridized carbons (Fsp3) is 0.917. The van der Waals surface area contributed by atoms with Crippen molar-refractivity contribution in [3.05, 3.63) is 0 Å². The van der Waals surface area contributed by atoms with Gasteiger partial charge in [-0.2, -0.15) is 0 Å². The molecule has 0 saturated heterocycles. The Kier molecular flexibility index (Phi) is 1.59. The minimum Gasteiger partial charge on any atom is -0.300 e. The Bertz CT molecular complexity index is 244. The third kappa shape index (κ3) is 0.963. The summed E-state index contributed by atoms with van der Waals surface area (Å²) in [6.07, 6.45) is 10.3. The van der Waals surface area contributed by atoms with E-state index in [0.29, 0.717) is 11.2 Å². The molecule has 0 aromatic carbocycles. The van der Waals surface area contributed by atoms with Crippen LogP contribution in [0.4, 0.5) is 0 Å². The summed E-state index contributed by atoms with van der Waals surface area (Å²) in [6, 6.07) is 0. The van der Waals surface area contributed by atoms with Crippen LogP contribution in [0.2, 0.25) is 0 Å². The van der Waals surface area contributed by atoms with Gasteiger partial charge in [-0.1, -0.05) is 12.8 Å². The molecule has 1 heteroatoms. The fourth-order valence-electron chi connectivity index (χ4n) is 4.39. The van der Waals surface area contributed by atoms with Crippen molar-refractivity contribution >= 4 is 5.78 Å². The van der Waals surface area contributed by atoms with E-state index in [9.17, 15) is 4.79 Å². The number of carbonyl (C=O) groups excluding carboxylic acids is 1. The zero-order valence-corrected chi connectivity index (χ0v) is 8.22. The monoisotopic (exact) mass is 178 g/mol. The van der Waals surface area contributed by atoms with E-state index in [0.717, 1.165) is 24.7 Å². The summed E-state index contributed by atoms with van der Waals surface area (Å²) in [4.78, 5) is 11.5. The number of rotatable bonds is 0. The first kappa shape index (κ1) is 8.02. The molecule has 0 aromatic rings. The average Bonchev–Trinajstić information content (AvgIpc) is 2.57. The van der Waals surface area contributed by atoms with Gasteiger partial charge in [-0.05, 0) is 42.9 Å². The molecule has 3 aliphatic rings. The van der Waals surface area contributed by atoms with E-state index >= 15 is 0 Å². The number of hydrogen-bond donors (Lipinski definition) is 0. The Morgan fingerprint density at radius 2 is 1.92 bits per heavy atom. The Labute approximate surface area is 79.9 Å². The molecule has 0 aliphatic heterocycles. The normalized spacial score (nSPS) is 49.1. The quantitative estimate of drug-likeness (QED) is 0.557. The van der Waals surface area contributed by atoms with E-state index in [1.807, 2.05) is 0 Å². The van der Waals surface area contributed by atoms with Crippen molar-refractivity contribution in [1.82, 2.24) is 0 Å². The molecule has 3 rings (SSSR count). The lowest BCUT2D eigenvalue weighted by molar-refractivity contribution is -0.118. The van der Waals surface area contributed by atoms with Crippen LogP contribution in [-0.4, -0.2) is 5.78 Å². The molecule has 13 heavy (non-hydrogen) atoms. The van der Waals surface area contributed by atoms with Gasteiger partial charge in [0.15, 0.2) is 0 Å². The molecule has 3 aliphatic carbocycles. The highest BCUT2D eigenvalue weighted by atomic mass is 16.1. The van der Waals surface area contributed by atoms with Crippen molar-refractivity contribution in [1.29, 1.82) is 0 Å². The Balaban J connectivity index is 1.94. The average molecular weight is 178 g/mol. The molecular formula is C12H18O.